The first-order valence-electron chi connectivity index (χ1n) is 7.18. The average molecular weight is 342 g/mol. The van der Waals surface area contributed by atoms with E-state index in [9.17, 15) is 4.79 Å². The van der Waals surface area contributed by atoms with Crippen LogP contribution in [0.25, 0.3) is 5.82 Å². The third-order valence-corrected chi connectivity index (χ3v) is 5.69. The van der Waals surface area contributed by atoms with Crippen LogP contribution in [0.4, 0.5) is 5.82 Å². The summed E-state index contributed by atoms with van der Waals surface area (Å²) in [6.07, 6.45) is 1.72. The minimum absolute atomic E-state index is 0.00828. The Hall–Kier alpha value is -2.12. The number of hydrogen-bond acceptors (Lipinski definition) is 5. The largest absolute Gasteiger partial charge is 0.310 e. The predicted molar refractivity (Wildman–Crippen MR) is 93.3 cm³/mol. The molecule has 0 unspecified atom stereocenters. The first kappa shape index (κ1) is 14.5. The molecule has 0 aromatic carbocycles. The fourth-order valence-electron chi connectivity index (χ4n) is 2.72. The topological polar surface area (TPSA) is 59.8 Å². The van der Waals surface area contributed by atoms with E-state index in [2.05, 4.69) is 32.2 Å². The van der Waals surface area contributed by atoms with Gasteiger partial charge >= 0.3 is 0 Å². The van der Waals surface area contributed by atoms with Gasteiger partial charge in [-0.3, -0.25) is 4.79 Å². The molecule has 23 heavy (non-hydrogen) atoms. The highest BCUT2D eigenvalue weighted by Crippen LogP contribution is 2.44. The van der Waals surface area contributed by atoms with Gasteiger partial charge in [0.05, 0.1) is 16.7 Å². The summed E-state index contributed by atoms with van der Waals surface area (Å²) in [5.41, 5.74) is 3.18. The fraction of sp³-hybridized carbons (Fsp3) is 0.188. The van der Waals surface area contributed by atoms with Crippen LogP contribution >= 0.6 is 23.1 Å². The molecule has 0 spiro atoms. The standard InChI is InChI=1S/C16H14N4OS2/c1-10-14-15(11-5-7-22-8-11)23-9-13(21)18-16(14)20(19-10)12-4-2-3-6-17-12/h2-8,15H,9H2,1H3,(H,18,21)/t15-/m1/s1. The van der Waals surface area contributed by atoms with Crippen molar-refractivity contribution in [3.63, 3.8) is 0 Å². The normalized spacial score (nSPS) is 17.4. The molecule has 1 N–H and O–H groups in total. The molecule has 0 radical (unpaired) electrons. The van der Waals surface area contributed by atoms with Gasteiger partial charge in [-0.15, -0.1) is 11.8 Å². The van der Waals surface area contributed by atoms with E-state index in [0.29, 0.717) is 11.6 Å². The minimum Gasteiger partial charge on any atom is -0.310 e. The number of fused-ring (bicyclic) bond motifs is 1. The molecule has 4 heterocycles. The number of carbonyl (C=O) groups is 1. The molecule has 0 aliphatic carbocycles. The number of rotatable bonds is 2. The van der Waals surface area contributed by atoms with Crippen molar-refractivity contribution in [2.45, 2.75) is 12.2 Å². The third-order valence-electron chi connectivity index (χ3n) is 3.72. The Balaban J connectivity index is 1.91. The van der Waals surface area contributed by atoms with Crippen molar-refractivity contribution in [1.82, 2.24) is 14.8 Å². The molecule has 1 atom stereocenters. The number of nitrogens with one attached hydrogen (secondary N) is 1. The van der Waals surface area contributed by atoms with Crippen molar-refractivity contribution in [2.75, 3.05) is 11.1 Å². The lowest BCUT2D eigenvalue weighted by Gasteiger charge is -2.13. The second kappa shape index (κ2) is 5.82. The zero-order chi connectivity index (χ0) is 15.8. The van der Waals surface area contributed by atoms with Gasteiger partial charge in [0.15, 0.2) is 5.82 Å². The fourth-order valence-corrected chi connectivity index (χ4v) is 4.67. The van der Waals surface area contributed by atoms with Crippen molar-refractivity contribution in [3.05, 3.63) is 58.0 Å². The molecular weight excluding hydrogens is 328 g/mol. The number of nitrogens with zero attached hydrogens (tertiary/aromatic N) is 3. The number of pyridine rings is 1. The van der Waals surface area contributed by atoms with E-state index >= 15 is 0 Å². The Morgan fingerprint density at radius 3 is 3.00 bits per heavy atom. The number of amides is 1. The highest BCUT2D eigenvalue weighted by atomic mass is 32.2. The van der Waals surface area contributed by atoms with Crippen molar-refractivity contribution < 1.29 is 4.79 Å². The van der Waals surface area contributed by atoms with Gasteiger partial charge in [-0.2, -0.15) is 21.1 Å². The average Bonchev–Trinajstić information content (AvgIpc) is 3.15. The highest BCUT2D eigenvalue weighted by Gasteiger charge is 2.30. The van der Waals surface area contributed by atoms with Gasteiger partial charge in [-0.05, 0) is 41.4 Å². The Kier molecular flexibility index (Phi) is 3.66. The van der Waals surface area contributed by atoms with Crippen LogP contribution in [0.15, 0.2) is 41.2 Å². The first-order valence-corrected chi connectivity index (χ1v) is 9.17. The summed E-state index contributed by atoms with van der Waals surface area (Å²) in [5, 5.41) is 11.9. The summed E-state index contributed by atoms with van der Waals surface area (Å²) in [6, 6.07) is 7.77. The quantitative estimate of drug-likeness (QED) is 0.775. The molecule has 1 amide bonds. The molecule has 1 aliphatic rings. The van der Waals surface area contributed by atoms with Gasteiger partial charge in [0, 0.05) is 11.8 Å². The molecular formula is C16H14N4OS2. The first-order chi connectivity index (χ1) is 11.2. The lowest BCUT2D eigenvalue weighted by atomic mass is 10.1. The Morgan fingerprint density at radius 1 is 1.35 bits per heavy atom. The van der Waals surface area contributed by atoms with Gasteiger partial charge in [-0.1, -0.05) is 6.07 Å². The molecule has 0 saturated heterocycles. The van der Waals surface area contributed by atoms with Crippen LogP contribution in [-0.2, 0) is 4.79 Å². The maximum Gasteiger partial charge on any atom is 0.235 e. The lowest BCUT2D eigenvalue weighted by molar-refractivity contribution is -0.113. The van der Waals surface area contributed by atoms with E-state index in [1.54, 1.807) is 34.0 Å². The summed E-state index contributed by atoms with van der Waals surface area (Å²) >= 11 is 3.30. The van der Waals surface area contributed by atoms with Crippen molar-refractivity contribution >= 4 is 34.8 Å². The highest BCUT2D eigenvalue weighted by molar-refractivity contribution is 8.00. The van der Waals surface area contributed by atoms with Gasteiger partial charge in [0.25, 0.3) is 0 Å². The van der Waals surface area contributed by atoms with Crippen LogP contribution in [0.2, 0.25) is 0 Å². The molecule has 3 aromatic rings. The van der Waals surface area contributed by atoms with E-state index in [0.717, 1.165) is 17.1 Å². The molecule has 4 rings (SSSR count). The number of carbonyl (C=O) groups excluding carboxylic acids is 1. The maximum atomic E-state index is 12.2. The molecule has 7 heteroatoms. The summed E-state index contributed by atoms with van der Waals surface area (Å²) in [4.78, 5) is 16.5. The van der Waals surface area contributed by atoms with Gasteiger partial charge in [0.1, 0.15) is 5.82 Å². The molecule has 3 aromatic heterocycles. The van der Waals surface area contributed by atoms with E-state index in [4.69, 9.17) is 0 Å². The van der Waals surface area contributed by atoms with E-state index in [1.807, 2.05) is 25.1 Å². The zero-order valence-corrected chi connectivity index (χ0v) is 14.0. The van der Waals surface area contributed by atoms with Crippen LogP contribution in [-0.4, -0.2) is 26.4 Å². The smallest absolute Gasteiger partial charge is 0.235 e. The lowest BCUT2D eigenvalue weighted by Crippen LogP contribution is -2.16. The maximum absolute atomic E-state index is 12.2. The van der Waals surface area contributed by atoms with Crippen molar-refractivity contribution in [1.29, 1.82) is 0 Å². The Bertz CT molecular complexity index is 843. The number of hydrogen-bond donors (Lipinski definition) is 1. The number of aryl methyl sites for hydroxylation is 1. The van der Waals surface area contributed by atoms with Crippen molar-refractivity contribution in [2.24, 2.45) is 0 Å². The third kappa shape index (κ3) is 2.55. The molecule has 0 fully saturated rings. The van der Waals surface area contributed by atoms with Crippen molar-refractivity contribution in [3.8, 4) is 5.82 Å². The summed E-state index contributed by atoms with van der Waals surface area (Å²) in [7, 11) is 0. The summed E-state index contributed by atoms with van der Waals surface area (Å²) in [6.45, 7) is 1.98. The molecule has 5 nitrogen and oxygen atoms in total. The Morgan fingerprint density at radius 2 is 2.26 bits per heavy atom. The minimum atomic E-state index is -0.00828. The molecule has 1 aliphatic heterocycles. The van der Waals surface area contributed by atoms with Crippen LogP contribution in [0, 0.1) is 6.92 Å². The SMILES string of the molecule is Cc1nn(-c2ccccn2)c2c1[C@@H](c1ccsc1)SCC(=O)N2. The second-order valence-electron chi connectivity index (χ2n) is 5.24. The zero-order valence-electron chi connectivity index (χ0n) is 12.4. The molecule has 0 saturated carbocycles. The van der Waals surface area contributed by atoms with Crippen LogP contribution < -0.4 is 5.32 Å². The predicted octanol–water partition coefficient (Wildman–Crippen LogP) is 3.41. The van der Waals surface area contributed by atoms with E-state index < -0.39 is 0 Å². The van der Waals surface area contributed by atoms with Gasteiger partial charge in [-0.25, -0.2) is 4.98 Å². The number of anilines is 1. The van der Waals surface area contributed by atoms with Crippen LogP contribution in [0.5, 0.6) is 0 Å². The molecule has 0 bridgehead atoms. The molecule has 116 valence electrons. The summed E-state index contributed by atoms with van der Waals surface area (Å²) < 4.78 is 1.73. The van der Waals surface area contributed by atoms with E-state index in [-0.39, 0.29) is 11.2 Å². The van der Waals surface area contributed by atoms with Crippen LogP contribution in [0.1, 0.15) is 22.1 Å². The van der Waals surface area contributed by atoms with Crippen LogP contribution in [0.3, 0.4) is 0 Å². The monoisotopic (exact) mass is 342 g/mol. The van der Waals surface area contributed by atoms with Gasteiger partial charge in [0.2, 0.25) is 5.91 Å². The van der Waals surface area contributed by atoms with Gasteiger partial charge < -0.3 is 5.32 Å². The van der Waals surface area contributed by atoms with E-state index in [1.165, 1.54) is 5.56 Å². The number of aromatic nitrogens is 3. The second-order valence-corrected chi connectivity index (χ2v) is 7.12. The number of thioether (sulfide) groups is 1. The summed E-state index contributed by atoms with van der Waals surface area (Å²) in [5.74, 6) is 1.85. The Labute approximate surface area is 141 Å². The number of thiophene rings is 1.